The van der Waals surface area contributed by atoms with Crippen molar-refractivity contribution in [2.24, 2.45) is 0 Å². The summed E-state index contributed by atoms with van der Waals surface area (Å²) in [7, 11) is -3.59. The van der Waals surface area contributed by atoms with E-state index in [-0.39, 0.29) is 42.9 Å². The van der Waals surface area contributed by atoms with E-state index in [0.29, 0.717) is 4.34 Å². The Bertz CT molecular complexity index is 776. The Kier molecular flexibility index (Phi) is 6.61. The van der Waals surface area contributed by atoms with Gasteiger partial charge in [-0.15, -0.1) is 11.3 Å². The van der Waals surface area contributed by atoms with Crippen LogP contribution in [-0.2, 0) is 24.3 Å². The van der Waals surface area contributed by atoms with Gasteiger partial charge >= 0.3 is 5.97 Å². The minimum atomic E-state index is -3.59. The number of amides is 1. The molecule has 2 heterocycles. The van der Waals surface area contributed by atoms with Gasteiger partial charge in [-0.05, 0) is 26.0 Å². The van der Waals surface area contributed by atoms with Crippen LogP contribution in [0.25, 0.3) is 0 Å². The van der Waals surface area contributed by atoms with E-state index in [4.69, 9.17) is 16.3 Å². The van der Waals surface area contributed by atoms with Gasteiger partial charge in [-0.3, -0.25) is 4.79 Å². The molecule has 0 atom stereocenters. The first-order chi connectivity index (χ1) is 11.7. The summed E-state index contributed by atoms with van der Waals surface area (Å²) in [6.07, 6.45) is 1.31. The molecule has 1 aliphatic rings. The number of halogens is 1. The predicted octanol–water partition coefficient (Wildman–Crippen LogP) is 1.74. The highest BCUT2D eigenvalue weighted by molar-refractivity contribution is 7.91. The summed E-state index contributed by atoms with van der Waals surface area (Å²) in [4.78, 5) is 25.0. The predicted molar refractivity (Wildman–Crippen MR) is 95.1 cm³/mol. The third-order valence-electron chi connectivity index (χ3n) is 3.48. The van der Waals surface area contributed by atoms with E-state index in [0.717, 1.165) is 16.9 Å². The van der Waals surface area contributed by atoms with Crippen LogP contribution in [0, 0.1) is 0 Å². The molecule has 1 fully saturated rings. The Morgan fingerprint density at radius 3 is 2.40 bits per heavy atom. The average molecular weight is 407 g/mol. The summed E-state index contributed by atoms with van der Waals surface area (Å²) in [5, 5.41) is 0. The molecule has 0 aromatic carbocycles. The highest BCUT2D eigenvalue weighted by Gasteiger charge is 2.31. The van der Waals surface area contributed by atoms with Crippen molar-refractivity contribution in [3.05, 3.63) is 28.1 Å². The van der Waals surface area contributed by atoms with Gasteiger partial charge in [-0.25, -0.2) is 13.2 Å². The molecule has 0 N–H and O–H groups in total. The number of piperazine rings is 1. The second kappa shape index (κ2) is 8.31. The maximum absolute atomic E-state index is 12.5. The first-order valence-corrected chi connectivity index (χ1v) is 10.2. The largest absolute Gasteiger partial charge is 0.452 e. The van der Waals surface area contributed by atoms with E-state index in [9.17, 15) is 18.0 Å². The van der Waals surface area contributed by atoms with Gasteiger partial charge in [0.2, 0.25) is 0 Å². The van der Waals surface area contributed by atoms with Gasteiger partial charge < -0.3 is 9.64 Å². The van der Waals surface area contributed by atoms with Crippen LogP contribution in [0.2, 0.25) is 4.34 Å². The molecule has 0 radical (unpaired) electrons. The van der Waals surface area contributed by atoms with Crippen molar-refractivity contribution in [1.29, 1.82) is 0 Å². The van der Waals surface area contributed by atoms with Crippen molar-refractivity contribution in [1.82, 2.24) is 9.21 Å². The zero-order chi connectivity index (χ0) is 18.6. The molecule has 0 unspecified atom stereocenters. The molecule has 0 saturated carbocycles. The zero-order valence-electron chi connectivity index (χ0n) is 13.9. The minimum absolute atomic E-state index is 0.186. The van der Waals surface area contributed by atoms with Gasteiger partial charge in [0.05, 0.1) is 4.34 Å². The van der Waals surface area contributed by atoms with Crippen LogP contribution in [0.3, 0.4) is 0 Å². The first-order valence-electron chi connectivity index (χ1n) is 7.55. The number of ether oxygens (including phenoxy) is 1. The number of nitrogens with zero attached hydrogens (tertiary/aromatic N) is 2. The highest BCUT2D eigenvalue weighted by atomic mass is 35.5. The van der Waals surface area contributed by atoms with E-state index in [1.54, 1.807) is 19.9 Å². The molecule has 1 aromatic rings. The first kappa shape index (κ1) is 19.9. The average Bonchev–Trinajstić information content (AvgIpc) is 2.99. The van der Waals surface area contributed by atoms with E-state index < -0.39 is 16.0 Å². The molecule has 7 nitrogen and oxygen atoms in total. The summed E-state index contributed by atoms with van der Waals surface area (Å²) >= 11 is 6.80. The summed E-state index contributed by atoms with van der Waals surface area (Å²) in [5.41, 5.74) is 0.782. The standard InChI is InChI=1S/C15H19ClN2O5S2/c1-11(2)9-14(20)23-10-13(19)17-5-7-18(8-6-17)25(21,22)15-4-3-12(16)24-15/h3-4,9H,5-8,10H2,1-2H3. The SMILES string of the molecule is CC(C)=CC(=O)OCC(=O)N1CCN(S(=O)(=O)c2ccc(Cl)s2)CC1. The molecule has 0 bridgehead atoms. The van der Waals surface area contributed by atoms with Crippen molar-refractivity contribution in [2.75, 3.05) is 32.8 Å². The Morgan fingerprint density at radius 1 is 1.24 bits per heavy atom. The molecule has 1 amide bonds. The maximum Gasteiger partial charge on any atom is 0.331 e. The Labute approximate surface area is 155 Å². The van der Waals surface area contributed by atoms with Gasteiger partial charge in [0.15, 0.2) is 6.61 Å². The fourth-order valence-electron chi connectivity index (χ4n) is 2.24. The van der Waals surface area contributed by atoms with E-state index in [1.165, 1.54) is 21.3 Å². The van der Waals surface area contributed by atoms with Crippen LogP contribution in [0.4, 0.5) is 0 Å². The molecule has 0 aliphatic carbocycles. The molecule has 10 heteroatoms. The summed E-state index contributed by atoms with van der Waals surface area (Å²) in [6.45, 7) is 4.02. The molecule has 138 valence electrons. The normalized spacial score (nSPS) is 15.7. The van der Waals surface area contributed by atoms with E-state index in [1.807, 2.05) is 0 Å². The van der Waals surface area contributed by atoms with Crippen molar-refractivity contribution in [3.63, 3.8) is 0 Å². The second-order valence-electron chi connectivity index (χ2n) is 5.67. The number of esters is 1. The Hall–Kier alpha value is -1.42. The summed E-state index contributed by atoms with van der Waals surface area (Å²) in [6, 6.07) is 3.02. The highest BCUT2D eigenvalue weighted by Crippen LogP contribution is 2.28. The molecule has 0 spiro atoms. The lowest BCUT2D eigenvalue weighted by molar-refractivity contribution is -0.148. The lowest BCUT2D eigenvalue weighted by atomic mass is 10.3. The number of rotatable bonds is 5. The van der Waals surface area contributed by atoms with Crippen LogP contribution >= 0.6 is 22.9 Å². The smallest absolute Gasteiger partial charge is 0.331 e. The molecule has 1 aromatic heterocycles. The van der Waals surface area contributed by atoms with Gasteiger partial charge in [0.25, 0.3) is 15.9 Å². The van der Waals surface area contributed by atoms with Gasteiger partial charge in [-0.1, -0.05) is 17.2 Å². The Morgan fingerprint density at radius 2 is 1.88 bits per heavy atom. The van der Waals surface area contributed by atoms with Crippen molar-refractivity contribution >= 4 is 44.8 Å². The monoisotopic (exact) mass is 406 g/mol. The molecule has 2 rings (SSSR count). The second-order valence-corrected chi connectivity index (χ2v) is 9.55. The molecule has 1 aliphatic heterocycles. The molecule has 25 heavy (non-hydrogen) atoms. The third-order valence-corrected chi connectivity index (χ3v) is 7.08. The van der Waals surface area contributed by atoms with E-state index in [2.05, 4.69) is 0 Å². The summed E-state index contributed by atoms with van der Waals surface area (Å²) < 4.78 is 31.8. The van der Waals surface area contributed by atoms with E-state index >= 15 is 0 Å². The number of hydrogen-bond donors (Lipinski definition) is 0. The van der Waals surface area contributed by atoms with Crippen LogP contribution in [0.15, 0.2) is 28.0 Å². The van der Waals surface area contributed by atoms with Crippen molar-refractivity contribution in [3.8, 4) is 0 Å². The topological polar surface area (TPSA) is 84.0 Å². The number of thiophene rings is 1. The quantitative estimate of drug-likeness (QED) is 0.549. The zero-order valence-corrected chi connectivity index (χ0v) is 16.3. The van der Waals surface area contributed by atoms with Crippen LogP contribution < -0.4 is 0 Å². The van der Waals surface area contributed by atoms with Crippen LogP contribution in [-0.4, -0.2) is 62.3 Å². The number of allylic oxidation sites excluding steroid dienone is 1. The number of carbonyl (C=O) groups is 2. The molecular formula is C15H19ClN2O5S2. The lowest BCUT2D eigenvalue weighted by Gasteiger charge is -2.33. The van der Waals surface area contributed by atoms with Crippen molar-refractivity contribution in [2.45, 2.75) is 18.1 Å². The van der Waals surface area contributed by atoms with Crippen LogP contribution in [0.1, 0.15) is 13.8 Å². The summed E-state index contributed by atoms with van der Waals surface area (Å²) in [5.74, 6) is -0.907. The minimum Gasteiger partial charge on any atom is -0.452 e. The lowest BCUT2D eigenvalue weighted by Crippen LogP contribution is -2.51. The molecule has 1 saturated heterocycles. The third kappa shape index (κ3) is 5.27. The fourth-order valence-corrected chi connectivity index (χ4v) is 5.30. The molecular weight excluding hydrogens is 388 g/mol. The number of hydrogen-bond acceptors (Lipinski definition) is 6. The number of sulfonamides is 1. The maximum atomic E-state index is 12.5. The van der Waals surface area contributed by atoms with Crippen molar-refractivity contribution < 1.29 is 22.7 Å². The van der Waals surface area contributed by atoms with Gasteiger partial charge in [-0.2, -0.15) is 4.31 Å². The van der Waals surface area contributed by atoms with Gasteiger partial charge in [0, 0.05) is 32.3 Å². The Balaban J connectivity index is 1.88. The number of carbonyl (C=O) groups excluding carboxylic acids is 2. The van der Waals surface area contributed by atoms with Crippen LogP contribution in [0.5, 0.6) is 0 Å². The fraction of sp³-hybridized carbons (Fsp3) is 0.467. The van der Waals surface area contributed by atoms with Gasteiger partial charge in [0.1, 0.15) is 4.21 Å².